The van der Waals surface area contributed by atoms with Crippen molar-refractivity contribution in [3.8, 4) is 0 Å². The van der Waals surface area contributed by atoms with Crippen LogP contribution < -0.4 is 5.32 Å². The minimum Gasteiger partial charge on any atom is -0.377 e. The second-order valence-corrected chi connectivity index (χ2v) is 5.37. The molecule has 0 radical (unpaired) electrons. The van der Waals surface area contributed by atoms with Crippen LogP contribution in [0.5, 0.6) is 0 Å². The van der Waals surface area contributed by atoms with Crippen molar-refractivity contribution in [1.82, 2.24) is 14.9 Å². The van der Waals surface area contributed by atoms with Gasteiger partial charge in [-0.15, -0.1) is 0 Å². The van der Waals surface area contributed by atoms with Crippen LogP contribution in [0.15, 0.2) is 6.07 Å². The first-order valence-corrected chi connectivity index (χ1v) is 6.16. The Morgan fingerprint density at radius 1 is 1.39 bits per heavy atom. The van der Waals surface area contributed by atoms with Gasteiger partial charge in [0.25, 0.3) is 0 Å². The van der Waals surface area contributed by atoms with Crippen LogP contribution in [0.25, 0.3) is 0 Å². The molecule has 0 unspecified atom stereocenters. The summed E-state index contributed by atoms with van der Waals surface area (Å²) < 4.78 is 5.00. The molecule has 102 valence electrons. The molecular formula is C12H21ClN4O. The highest BCUT2D eigenvalue weighted by molar-refractivity contribution is 6.29. The zero-order valence-electron chi connectivity index (χ0n) is 11.6. The third-order valence-electron chi connectivity index (χ3n) is 2.93. The Morgan fingerprint density at radius 2 is 2.06 bits per heavy atom. The molecule has 5 nitrogen and oxygen atoms in total. The smallest absolute Gasteiger partial charge is 0.158 e. The highest BCUT2D eigenvalue weighted by Gasteiger charge is 2.20. The molecule has 0 fully saturated rings. The molecule has 0 aliphatic carbocycles. The Morgan fingerprint density at radius 3 is 2.61 bits per heavy atom. The van der Waals surface area contributed by atoms with Gasteiger partial charge in [0.15, 0.2) is 5.82 Å². The third-order valence-corrected chi connectivity index (χ3v) is 3.12. The van der Waals surface area contributed by atoms with E-state index in [2.05, 4.69) is 34.0 Å². The quantitative estimate of drug-likeness (QED) is 0.803. The molecule has 0 aliphatic rings. The van der Waals surface area contributed by atoms with Gasteiger partial charge in [0, 0.05) is 25.3 Å². The second kappa shape index (κ2) is 6.31. The number of anilines is 1. The zero-order chi connectivity index (χ0) is 13.8. The van der Waals surface area contributed by atoms with Crippen molar-refractivity contribution in [1.29, 1.82) is 0 Å². The van der Waals surface area contributed by atoms with Gasteiger partial charge in [-0.2, -0.15) is 0 Å². The summed E-state index contributed by atoms with van der Waals surface area (Å²) in [5.74, 6) is 1.30. The second-order valence-electron chi connectivity index (χ2n) is 4.99. The number of hydrogen-bond acceptors (Lipinski definition) is 5. The normalized spacial score (nSPS) is 11.9. The lowest BCUT2D eigenvalue weighted by Gasteiger charge is -2.32. The van der Waals surface area contributed by atoms with Gasteiger partial charge in [-0.05, 0) is 27.9 Å². The molecule has 0 atom stereocenters. The summed E-state index contributed by atoms with van der Waals surface area (Å²) in [5, 5.41) is 3.69. The highest BCUT2D eigenvalue weighted by Crippen LogP contribution is 2.15. The van der Waals surface area contributed by atoms with Crippen LogP contribution in [-0.2, 0) is 11.3 Å². The van der Waals surface area contributed by atoms with E-state index in [9.17, 15) is 0 Å². The van der Waals surface area contributed by atoms with Gasteiger partial charge in [-0.1, -0.05) is 11.6 Å². The van der Waals surface area contributed by atoms with Gasteiger partial charge >= 0.3 is 0 Å². The number of hydrogen-bond donors (Lipinski definition) is 1. The molecule has 0 saturated carbocycles. The summed E-state index contributed by atoms with van der Waals surface area (Å²) in [5.41, 5.74) is 0.0266. The molecule has 1 heterocycles. The molecule has 0 amide bonds. The molecule has 0 saturated heterocycles. The van der Waals surface area contributed by atoms with Crippen LogP contribution in [0.2, 0.25) is 5.15 Å². The maximum atomic E-state index is 5.94. The number of ether oxygens (including phenoxy) is 1. The molecule has 6 heteroatoms. The standard InChI is InChI=1S/C12H21ClN4O/c1-12(2,17(3)4)8-14-10-6-9(13)15-11(16-10)7-18-5/h6H,7-8H2,1-5H3,(H,14,15,16). The van der Waals surface area contributed by atoms with Gasteiger partial charge in [0.2, 0.25) is 0 Å². The molecule has 1 aromatic rings. The van der Waals surface area contributed by atoms with E-state index in [1.807, 2.05) is 14.1 Å². The zero-order valence-corrected chi connectivity index (χ0v) is 12.4. The minimum absolute atomic E-state index is 0.0266. The van der Waals surface area contributed by atoms with Gasteiger partial charge in [0.1, 0.15) is 17.6 Å². The lowest BCUT2D eigenvalue weighted by Crippen LogP contribution is -2.44. The van der Waals surface area contributed by atoms with Crippen LogP contribution in [0.1, 0.15) is 19.7 Å². The Labute approximate surface area is 114 Å². The fraction of sp³-hybridized carbons (Fsp3) is 0.667. The van der Waals surface area contributed by atoms with Gasteiger partial charge in [-0.3, -0.25) is 0 Å². The van der Waals surface area contributed by atoms with E-state index in [4.69, 9.17) is 16.3 Å². The summed E-state index contributed by atoms with van der Waals surface area (Å²) in [4.78, 5) is 10.6. The van der Waals surface area contributed by atoms with Crippen LogP contribution in [-0.4, -0.2) is 48.2 Å². The van der Waals surface area contributed by atoms with Crippen molar-refractivity contribution < 1.29 is 4.74 Å². The molecule has 0 aliphatic heterocycles. The van der Waals surface area contributed by atoms with Crippen LogP contribution in [0, 0.1) is 0 Å². The average molecular weight is 273 g/mol. The van der Waals surface area contributed by atoms with Crippen LogP contribution >= 0.6 is 11.6 Å². The average Bonchev–Trinajstić information content (AvgIpc) is 2.26. The first kappa shape index (κ1) is 15.1. The van der Waals surface area contributed by atoms with Crippen LogP contribution in [0.3, 0.4) is 0 Å². The monoisotopic (exact) mass is 272 g/mol. The van der Waals surface area contributed by atoms with E-state index in [0.29, 0.717) is 17.6 Å². The Balaban J connectivity index is 2.73. The topological polar surface area (TPSA) is 50.3 Å². The Kier molecular flexibility index (Phi) is 5.31. The third kappa shape index (κ3) is 4.40. The maximum absolute atomic E-state index is 5.94. The Bertz CT molecular complexity index is 396. The number of nitrogens with zero attached hydrogens (tertiary/aromatic N) is 3. The van der Waals surface area contributed by atoms with Crippen molar-refractivity contribution in [3.05, 3.63) is 17.0 Å². The molecule has 0 aromatic carbocycles. The molecule has 18 heavy (non-hydrogen) atoms. The number of nitrogens with one attached hydrogen (secondary N) is 1. The summed E-state index contributed by atoms with van der Waals surface area (Å²) in [6, 6.07) is 1.71. The van der Waals surface area contributed by atoms with Crippen molar-refractivity contribution in [2.24, 2.45) is 0 Å². The first-order valence-electron chi connectivity index (χ1n) is 5.79. The molecule has 1 N–H and O–H groups in total. The van der Waals surface area contributed by atoms with E-state index < -0.39 is 0 Å². The van der Waals surface area contributed by atoms with E-state index in [0.717, 1.165) is 12.4 Å². The Hall–Kier alpha value is -0.910. The van der Waals surface area contributed by atoms with Crippen molar-refractivity contribution in [2.75, 3.05) is 33.1 Å². The predicted molar refractivity (Wildman–Crippen MR) is 74.0 cm³/mol. The molecule has 0 bridgehead atoms. The SMILES string of the molecule is COCc1nc(Cl)cc(NCC(C)(C)N(C)C)n1. The van der Waals surface area contributed by atoms with E-state index in [1.54, 1.807) is 13.2 Å². The van der Waals surface area contributed by atoms with E-state index >= 15 is 0 Å². The highest BCUT2D eigenvalue weighted by atomic mass is 35.5. The number of rotatable bonds is 6. The summed E-state index contributed by atoms with van der Waals surface area (Å²) in [7, 11) is 5.70. The van der Waals surface area contributed by atoms with Gasteiger partial charge in [0.05, 0.1) is 0 Å². The minimum atomic E-state index is 0.0266. The van der Waals surface area contributed by atoms with E-state index in [1.165, 1.54) is 0 Å². The molecule has 1 aromatic heterocycles. The number of aromatic nitrogens is 2. The van der Waals surface area contributed by atoms with Crippen LogP contribution in [0.4, 0.5) is 5.82 Å². The summed E-state index contributed by atoms with van der Waals surface area (Å²) in [6.45, 7) is 5.42. The molecule has 0 spiro atoms. The number of halogens is 1. The molecular weight excluding hydrogens is 252 g/mol. The largest absolute Gasteiger partial charge is 0.377 e. The summed E-state index contributed by atoms with van der Waals surface area (Å²) in [6.07, 6.45) is 0. The van der Waals surface area contributed by atoms with Gasteiger partial charge in [-0.25, -0.2) is 9.97 Å². The van der Waals surface area contributed by atoms with Crippen molar-refractivity contribution in [3.63, 3.8) is 0 Å². The molecule has 1 rings (SSSR count). The lowest BCUT2D eigenvalue weighted by atomic mass is 10.0. The fourth-order valence-corrected chi connectivity index (χ4v) is 1.41. The van der Waals surface area contributed by atoms with Gasteiger partial charge < -0.3 is 15.0 Å². The lowest BCUT2D eigenvalue weighted by molar-refractivity contribution is 0.178. The van der Waals surface area contributed by atoms with E-state index in [-0.39, 0.29) is 5.54 Å². The van der Waals surface area contributed by atoms with Crippen molar-refractivity contribution in [2.45, 2.75) is 26.0 Å². The van der Waals surface area contributed by atoms with Crippen molar-refractivity contribution >= 4 is 17.4 Å². The number of likely N-dealkylation sites (N-methyl/N-ethyl adjacent to an activating group) is 1. The number of methoxy groups -OCH3 is 1. The predicted octanol–water partition coefficient (Wildman–Crippen LogP) is 2.03. The first-order chi connectivity index (χ1) is 8.35. The summed E-state index contributed by atoms with van der Waals surface area (Å²) >= 11 is 5.94. The maximum Gasteiger partial charge on any atom is 0.158 e. The fourth-order valence-electron chi connectivity index (χ4n) is 1.21.